The van der Waals surface area contributed by atoms with Gasteiger partial charge in [0.1, 0.15) is 5.82 Å². The number of aromatic nitrogens is 2. The van der Waals surface area contributed by atoms with Crippen molar-refractivity contribution in [2.75, 3.05) is 11.5 Å². The molecule has 0 aliphatic rings. The van der Waals surface area contributed by atoms with Crippen LogP contribution < -0.4 is 11.5 Å². The summed E-state index contributed by atoms with van der Waals surface area (Å²) in [5.74, 6) is -0.252. The van der Waals surface area contributed by atoms with Crippen LogP contribution in [0.5, 0.6) is 0 Å². The van der Waals surface area contributed by atoms with Gasteiger partial charge in [-0.1, -0.05) is 15.9 Å². The quantitative estimate of drug-likeness (QED) is 0.795. The Hall–Kier alpha value is -2.02. The summed E-state index contributed by atoms with van der Waals surface area (Å²) in [5, 5.41) is 12.8. The fourth-order valence-corrected chi connectivity index (χ4v) is 2.01. The van der Waals surface area contributed by atoms with Crippen molar-refractivity contribution in [1.29, 1.82) is 0 Å². The molecule has 7 heteroatoms. The molecule has 0 atom stereocenters. The number of carbonyl (C=O) groups is 1. The Morgan fingerprint density at radius 2 is 1.95 bits per heavy atom. The number of carboxylic acid groups (broad SMARTS) is 1. The molecule has 0 fully saturated rings. The topological polar surface area (TPSA) is 107 Å². The molecule has 0 spiro atoms. The van der Waals surface area contributed by atoms with Crippen molar-refractivity contribution in [1.82, 2.24) is 9.78 Å². The molecule has 19 heavy (non-hydrogen) atoms. The number of hydrogen-bond acceptors (Lipinski definition) is 4. The Labute approximate surface area is 118 Å². The maximum atomic E-state index is 10.6. The zero-order chi connectivity index (χ0) is 14.0. The van der Waals surface area contributed by atoms with Crippen LogP contribution in [0.15, 0.2) is 28.7 Å². The van der Waals surface area contributed by atoms with Gasteiger partial charge in [-0.05, 0) is 30.7 Å². The van der Waals surface area contributed by atoms with Crippen LogP contribution in [0.2, 0.25) is 0 Å². The smallest absolute Gasteiger partial charge is 0.303 e. The molecule has 2 rings (SSSR count). The maximum absolute atomic E-state index is 10.6. The van der Waals surface area contributed by atoms with E-state index in [1.54, 1.807) is 0 Å². The Kier molecular flexibility index (Phi) is 3.75. The highest BCUT2D eigenvalue weighted by Gasteiger charge is 2.15. The highest BCUT2D eigenvalue weighted by Crippen LogP contribution is 2.24. The van der Waals surface area contributed by atoms with Crippen LogP contribution in [0, 0.1) is 0 Å². The van der Waals surface area contributed by atoms with Crippen LogP contribution in [-0.4, -0.2) is 20.9 Å². The molecule has 5 N–H and O–H groups in total. The van der Waals surface area contributed by atoms with E-state index in [4.69, 9.17) is 16.6 Å². The van der Waals surface area contributed by atoms with Crippen LogP contribution in [0.25, 0.3) is 5.69 Å². The number of carboxylic acids is 1. The molecule has 2 aromatic rings. The molecule has 1 aromatic heterocycles. The Morgan fingerprint density at radius 3 is 2.53 bits per heavy atom. The summed E-state index contributed by atoms with van der Waals surface area (Å²) in [7, 11) is 0. The van der Waals surface area contributed by atoms with E-state index in [0.717, 1.165) is 10.2 Å². The number of benzene rings is 1. The van der Waals surface area contributed by atoms with Crippen molar-refractivity contribution < 1.29 is 9.90 Å². The van der Waals surface area contributed by atoms with Gasteiger partial charge in [0.15, 0.2) is 5.82 Å². The lowest BCUT2D eigenvalue weighted by Crippen LogP contribution is -2.04. The van der Waals surface area contributed by atoms with Crippen LogP contribution >= 0.6 is 15.9 Å². The lowest BCUT2D eigenvalue weighted by atomic mass is 10.1. The van der Waals surface area contributed by atoms with Gasteiger partial charge in [0.2, 0.25) is 0 Å². The molecule has 0 aliphatic heterocycles. The summed E-state index contributed by atoms with van der Waals surface area (Å²) in [4.78, 5) is 10.6. The van der Waals surface area contributed by atoms with Crippen LogP contribution in [-0.2, 0) is 11.2 Å². The second-order valence-electron chi connectivity index (χ2n) is 4.03. The second-order valence-corrected chi connectivity index (χ2v) is 4.95. The highest BCUT2D eigenvalue weighted by molar-refractivity contribution is 9.10. The average Bonchev–Trinajstić information content (AvgIpc) is 2.63. The van der Waals surface area contributed by atoms with Crippen molar-refractivity contribution >= 4 is 33.5 Å². The lowest BCUT2D eigenvalue weighted by molar-refractivity contribution is -0.136. The summed E-state index contributed by atoms with van der Waals surface area (Å²) in [6.45, 7) is 0. The van der Waals surface area contributed by atoms with Crippen LogP contribution in [0.4, 0.5) is 11.6 Å². The van der Waals surface area contributed by atoms with Gasteiger partial charge in [-0.3, -0.25) is 4.79 Å². The van der Waals surface area contributed by atoms with E-state index in [1.165, 1.54) is 4.68 Å². The lowest BCUT2D eigenvalue weighted by Gasteiger charge is -2.04. The number of anilines is 2. The molecule has 100 valence electrons. The minimum absolute atomic E-state index is 0.0274. The first-order valence-corrected chi connectivity index (χ1v) is 6.39. The van der Waals surface area contributed by atoms with Gasteiger partial charge >= 0.3 is 5.97 Å². The number of aliphatic carboxylic acids is 1. The molecule has 0 amide bonds. The van der Waals surface area contributed by atoms with Gasteiger partial charge in [-0.25, -0.2) is 4.68 Å². The minimum Gasteiger partial charge on any atom is -0.481 e. The highest BCUT2D eigenvalue weighted by atomic mass is 79.9. The van der Waals surface area contributed by atoms with E-state index >= 15 is 0 Å². The molecule has 0 saturated heterocycles. The van der Waals surface area contributed by atoms with Gasteiger partial charge < -0.3 is 16.6 Å². The van der Waals surface area contributed by atoms with E-state index in [0.29, 0.717) is 11.4 Å². The predicted molar refractivity (Wildman–Crippen MR) is 76.0 cm³/mol. The van der Waals surface area contributed by atoms with Gasteiger partial charge in [0, 0.05) is 16.5 Å². The van der Waals surface area contributed by atoms with E-state index in [-0.39, 0.29) is 18.7 Å². The van der Waals surface area contributed by atoms with E-state index in [1.807, 2.05) is 24.3 Å². The normalized spacial score (nSPS) is 10.6. The molecule has 1 aromatic carbocycles. The molecule has 0 unspecified atom stereocenters. The SMILES string of the molecule is Nc1nn(-c2ccc(Br)cc2)c(N)c1CCC(=O)O. The van der Waals surface area contributed by atoms with Crippen LogP contribution in [0.1, 0.15) is 12.0 Å². The van der Waals surface area contributed by atoms with Gasteiger partial charge in [-0.15, -0.1) is 5.10 Å². The Morgan fingerprint density at radius 1 is 1.32 bits per heavy atom. The van der Waals surface area contributed by atoms with Crippen LogP contribution in [0.3, 0.4) is 0 Å². The molecule has 0 bridgehead atoms. The van der Waals surface area contributed by atoms with E-state index < -0.39 is 5.97 Å². The fourth-order valence-electron chi connectivity index (χ4n) is 1.75. The number of nitrogens with zero attached hydrogens (tertiary/aromatic N) is 2. The number of halogens is 1. The summed E-state index contributed by atoms with van der Waals surface area (Å²) in [6.07, 6.45) is 0.240. The molecule has 0 aliphatic carbocycles. The molecule has 0 radical (unpaired) electrons. The number of hydrogen-bond donors (Lipinski definition) is 3. The fraction of sp³-hybridized carbons (Fsp3) is 0.167. The number of nitrogens with two attached hydrogens (primary N) is 2. The summed E-state index contributed by atoms with van der Waals surface area (Å²) in [5.41, 5.74) is 13.1. The largest absolute Gasteiger partial charge is 0.481 e. The molecular formula is C12H13BrN4O2. The van der Waals surface area contributed by atoms with Crippen molar-refractivity contribution in [2.45, 2.75) is 12.8 Å². The standard InChI is InChI=1S/C12H13BrN4O2/c13-7-1-3-8(4-2-7)17-12(15)9(11(14)16-17)5-6-10(18)19/h1-4H,5-6,15H2,(H2,14,16)(H,18,19). The van der Waals surface area contributed by atoms with E-state index in [2.05, 4.69) is 21.0 Å². The van der Waals surface area contributed by atoms with Gasteiger partial charge in [0.05, 0.1) is 5.69 Å². The third-order valence-electron chi connectivity index (χ3n) is 2.71. The second kappa shape index (κ2) is 5.31. The number of rotatable bonds is 4. The summed E-state index contributed by atoms with van der Waals surface area (Å²) < 4.78 is 2.46. The molecular weight excluding hydrogens is 312 g/mol. The van der Waals surface area contributed by atoms with E-state index in [9.17, 15) is 4.79 Å². The molecule has 6 nitrogen and oxygen atoms in total. The average molecular weight is 325 g/mol. The minimum atomic E-state index is -0.893. The monoisotopic (exact) mass is 324 g/mol. The Bertz CT molecular complexity index is 607. The first-order valence-electron chi connectivity index (χ1n) is 5.59. The summed E-state index contributed by atoms with van der Waals surface area (Å²) >= 11 is 3.35. The maximum Gasteiger partial charge on any atom is 0.303 e. The number of nitrogen functional groups attached to an aromatic ring is 2. The van der Waals surface area contributed by atoms with Crippen molar-refractivity contribution in [3.05, 3.63) is 34.3 Å². The summed E-state index contributed by atoms with van der Waals surface area (Å²) in [6, 6.07) is 7.41. The van der Waals surface area contributed by atoms with Gasteiger partial charge in [-0.2, -0.15) is 0 Å². The van der Waals surface area contributed by atoms with Crippen molar-refractivity contribution in [3.63, 3.8) is 0 Å². The molecule has 1 heterocycles. The first kappa shape index (κ1) is 13.4. The third-order valence-corrected chi connectivity index (χ3v) is 3.24. The zero-order valence-corrected chi connectivity index (χ0v) is 11.6. The third kappa shape index (κ3) is 2.87. The molecule has 0 saturated carbocycles. The Balaban J connectivity index is 2.35. The van der Waals surface area contributed by atoms with Crippen molar-refractivity contribution in [3.8, 4) is 5.69 Å². The van der Waals surface area contributed by atoms with Crippen molar-refractivity contribution in [2.24, 2.45) is 0 Å². The predicted octanol–water partition coefficient (Wildman–Crippen LogP) is 1.82. The van der Waals surface area contributed by atoms with Gasteiger partial charge in [0.25, 0.3) is 0 Å². The zero-order valence-electron chi connectivity index (χ0n) is 10.0. The first-order chi connectivity index (χ1) is 8.99.